The second-order valence-electron chi connectivity index (χ2n) is 5.52. The lowest BCUT2D eigenvalue weighted by molar-refractivity contribution is -0.120. The van der Waals surface area contributed by atoms with Crippen LogP contribution in [0.4, 0.5) is 5.69 Å². The Balaban J connectivity index is 1.88. The number of hydrogen-bond donors (Lipinski definition) is 2. The first kappa shape index (κ1) is 15.8. The maximum Gasteiger partial charge on any atom is 0.240 e. The highest BCUT2D eigenvalue weighted by molar-refractivity contribution is 9.10. The molecule has 0 saturated heterocycles. The molecular formula is C16H20BrN3O. The number of carbonyl (C=O) groups excluding carboxylic acids is 1. The fourth-order valence-corrected chi connectivity index (χ4v) is 2.92. The summed E-state index contributed by atoms with van der Waals surface area (Å²) in [5.74, 6) is -0.124. The van der Waals surface area contributed by atoms with Gasteiger partial charge in [-0.3, -0.25) is 4.79 Å². The topological polar surface area (TPSA) is 64.9 Å². The summed E-state index contributed by atoms with van der Waals surface area (Å²) in [6, 6.07) is 9.98. The summed E-state index contributed by atoms with van der Waals surface area (Å²) in [4.78, 5) is 12.1. The van der Waals surface area contributed by atoms with Crippen LogP contribution in [-0.4, -0.2) is 18.0 Å². The van der Waals surface area contributed by atoms with Crippen molar-refractivity contribution < 1.29 is 4.79 Å². The van der Waals surface area contributed by atoms with Gasteiger partial charge in [-0.1, -0.05) is 41.6 Å². The van der Waals surface area contributed by atoms with Gasteiger partial charge in [0.2, 0.25) is 5.91 Å². The standard InChI is InChI=1S/C16H20BrN3O/c17-13-5-7-14(8-6-13)19-11-15(21)20-16(12-18)9-3-1-2-4-10-16/h5-8,19H,1-4,9-11H2,(H,20,21). The van der Waals surface area contributed by atoms with E-state index in [1.54, 1.807) is 0 Å². The molecule has 0 bridgehead atoms. The smallest absolute Gasteiger partial charge is 0.240 e. The minimum Gasteiger partial charge on any atom is -0.376 e. The van der Waals surface area contributed by atoms with Gasteiger partial charge in [-0.15, -0.1) is 0 Å². The predicted octanol–water partition coefficient (Wildman–Crippen LogP) is 3.59. The third-order valence-electron chi connectivity index (χ3n) is 3.85. The molecule has 4 nitrogen and oxygen atoms in total. The van der Waals surface area contributed by atoms with Crippen LogP contribution in [0, 0.1) is 11.3 Å². The lowest BCUT2D eigenvalue weighted by Crippen LogP contribution is -2.48. The van der Waals surface area contributed by atoms with Crippen LogP contribution in [0.5, 0.6) is 0 Å². The quantitative estimate of drug-likeness (QED) is 0.816. The number of benzene rings is 1. The molecule has 0 radical (unpaired) electrons. The monoisotopic (exact) mass is 349 g/mol. The minimum atomic E-state index is -0.672. The molecule has 0 aromatic heterocycles. The zero-order valence-electron chi connectivity index (χ0n) is 12.0. The van der Waals surface area contributed by atoms with Crippen molar-refractivity contribution in [1.82, 2.24) is 5.32 Å². The molecule has 0 spiro atoms. The van der Waals surface area contributed by atoms with Gasteiger partial charge in [0.1, 0.15) is 5.54 Å². The SMILES string of the molecule is N#CC1(NC(=O)CNc2ccc(Br)cc2)CCCCCC1. The molecule has 1 aromatic rings. The van der Waals surface area contributed by atoms with Gasteiger partial charge in [-0.2, -0.15) is 5.26 Å². The van der Waals surface area contributed by atoms with E-state index in [0.717, 1.165) is 48.7 Å². The molecule has 1 aromatic carbocycles. The highest BCUT2D eigenvalue weighted by Crippen LogP contribution is 2.26. The van der Waals surface area contributed by atoms with E-state index in [1.165, 1.54) is 0 Å². The van der Waals surface area contributed by atoms with E-state index in [0.29, 0.717) is 0 Å². The van der Waals surface area contributed by atoms with Gasteiger partial charge >= 0.3 is 0 Å². The molecule has 1 saturated carbocycles. The molecule has 2 rings (SSSR count). The van der Waals surface area contributed by atoms with Crippen LogP contribution in [0.25, 0.3) is 0 Å². The molecule has 1 aliphatic carbocycles. The Morgan fingerprint density at radius 3 is 2.38 bits per heavy atom. The van der Waals surface area contributed by atoms with Crippen LogP contribution in [0.2, 0.25) is 0 Å². The molecule has 21 heavy (non-hydrogen) atoms. The molecule has 0 aliphatic heterocycles. The number of carbonyl (C=O) groups is 1. The van der Waals surface area contributed by atoms with Gasteiger partial charge in [-0.05, 0) is 37.1 Å². The van der Waals surface area contributed by atoms with Crippen LogP contribution in [0.15, 0.2) is 28.7 Å². The van der Waals surface area contributed by atoms with E-state index < -0.39 is 5.54 Å². The average molecular weight is 350 g/mol. The first-order valence-electron chi connectivity index (χ1n) is 7.35. The van der Waals surface area contributed by atoms with E-state index in [1.807, 2.05) is 24.3 Å². The molecule has 0 atom stereocenters. The molecule has 0 unspecified atom stereocenters. The summed E-state index contributed by atoms with van der Waals surface area (Å²) in [5.41, 5.74) is 0.217. The summed E-state index contributed by atoms with van der Waals surface area (Å²) in [6.45, 7) is 0.186. The average Bonchev–Trinajstić information content (AvgIpc) is 2.73. The Hall–Kier alpha value is -1.54. The number of nitrogens with one attached hydrogen (secondary N) is 2. The van der Waals surface area contributed by atoms with Gasteiger partial charge < -0.3 is 10.6 Å². The zero-order valence-corrected chi connectivity index (χ0v) is 13.6. The molecule has 0 heterocycles. The molecule has 1 fully saturated rings. The van der Waals surface area contributed by atoms with Crippen LogP contribution in [0.3, 0.4) is 0 Å². The zero-order chi connectivity index (χ0) is 15.1. The van der Waals surface area contributed by atoms with Crippen LogP contribution >= 0.6 is 15.9 Å². The third kappa shape index (κ3) is 4.75. The van der Waals surface area contributed by atoms with Crippen molar-refractivity contribution in [2.75, 3.05) is 11.9 Å². The Kier molecular flexibility index (Phi) is 5.63. The summed E-state index contributed by atoms with van der Waals surface area (Å²) < 4.78 is 0.999. The van der Waals surface area contributed by atoms with Crippen molar-refractivity contribution in [3.05, 3.63) is 28.7 Å². The van der Waals surface area contributed by atoms with E-state index in [4.69, 9.17) is 0 Å². The summed E-state index contributed by atoms with van der Waals surface area (Å²) in [6.07, 6.45) is 5.83. The predicted molar refractivity (Wildman–Crippen MR) is 86.8 cm³/mol. The molecule has 1 aliphatic rings. The van der Waals surface area contributed by atoms with Crippen molar-refractivity contribution in [2.45, 2.75) is 44.1 Å². The first-order chi connectivity index (χ1) is 10.1. The molecule has 1 amide bonds. The van der Waals surface area contributed by atoms with Crippen molar-refractivity contribution in [3.63, 3.8) is 0 Å². The van der Waals surface area contributed by atoms with Gasteiger partial charge in [0.25, 0.3) is 0 Å². The Labute approximate surface area is 134 Å². The van der Waals surface area contributed by atoms with E-state index >= 15 is 0 Å². The second-order valence-corrected chi connectivity index (χ2v) is 6.43. The number of anilines is 1. The minimum absolute atomic E-state index is 0.124. The van der Waals surface area contributed by atoms with E-state index in [2.05, 4.69) is 32.6 Å². The van der Waals surface area contributed by atoms with Crippen molar-refractivity contribution in [2.24, 2.45) is 0 Å². The van der Waals surface area contributed by atoms with Crippen LogP contribution in [0.1, 0.15) is 38.5 Å². The van der Waals surface area contributed by atoms with Crippen molar-refractivity contribution in [3.8, 4) is 6.07 Å². The Bertz CT molecular complexity index is 513. The number of amides is 1. The first-order valence-corrected chi connectivity index (χ1v) is 8.15. The Morgan fingerprint density at radius 2 is 1.81 bits per heavy atom. The fraction of sp³-hybridized carbons (Fsp3) is 0.500. The number of hydrogen-bond acceptors (Lipinski definition) is 3. The molecule has 112 valence electrons. The normalized spacial score (nSPS) is 17.3. The molecular weight excluding hydrogens is 330 g/mol. The highest BCUT2D eigenvalue weighted by atomic mass is 79.9. The summed E-state index contributed by atoms with van der Waals surface area (Å²) in [7, 11) is 0. The molecule has 5 heteroatoms. The number of halogens is 1. The number of nitrogens with zero attached hydrogens (tertiary/aromatic N) is 1. The Morgan fingerprint density at radius 1 is 1.19 bits per heavy atom. The lowest BCUT2D eigenvalue weighted by atomic mass is 9.92. The second kappa shape index (κ2) is 7.46. The number of rotatable bonds is 4. The van der Waals surface area contributed by atoms with Gasteiger partial charge in [0.05, 0.1) is 12.6 Å². The maximum absolute atomic E-state index is 12.1. The van der Waals surface area contributed by atoms with Crippen molar-refractivity contribution in [1.29, 1.82) is 5.26 Å². The van der Waals surface area contributed by atoms with Gasteiger partial charge in [0, 0.05) is 10.2 Å². The van der Waals surface area contributed by atoms with Gasteiger partial charge in [0.15, 0.2) is 0 Å². The van der Waals surface area contributed by atoms with Crippen LogP contribution < -0.4 is 10.6 Å². The lowest BCUT2D eigenvalue weighted by Gasteiger charge is -2.26. The van der Waals surface area contributed by atoms with Crippen LogP contribution in [-0.2, 0) is 4.79 Å². The van der Waals surface area contributed by atoms with Gasteiger partial charge in [-0.25, -0.2) is 0 Å². The molecule has 2 N–H and O–H groups in total. The summed E-state index contributed by atoms with van der Waals surface area (Å²) in [5, 5.41) is 15.4. The summed E-state index contributed by atoms with van der Waals surface area (Å²) >= 11 is 3.37. The maximum atomic E-state index is 12.1. The number of nitriles is 1. The van der Waals surface area contributed by atoms with Crippen molar-refractivity contribution >= 4 is 27.5 Å². The van der Waals surface area contributed by atoms with E-state index in [9.17, 15) is 10.1 Å². The highest BCUT2D eigenvalue weighted by Gasteiger charge is 2.32. The van der Waals surface area contributed by atoms with E-state index in [-0.39, 0.29) is 12.5 Å². The third-order valence-corrected chi connectivity index (χ3v) is 4.38. The fourth-order valence-electron chi connectivity index (χ4n) is 2.66. The largest absolute Gasteiger partial charge is 0.376 e.